The fraction of sp³-hybridized carbons (Fsp3) is 0.100. The van der Waals surface area contributed by atoms with Crippen molar-refractivity contribution >= 4 is 5.91 Å². The average molecular weight is 211 g/mol. The Kier molecular flexibility index (Phi) is 3.24. The van der Waals surface area contributed by atoms with Crippen LogP contribution in [0.15, 0.2) is 12.1 Å². The Labute approximate surface area is 84.8 Å². The lowest BCUT2D eigenvalue weighted by atomic mass is 10.2. The van der Waals surface area contributed by atoms with Gasteiger partial charge in [-0.25, -0.2) is 8.78 Å². The van der Waals surface area contributed by atoms with Gasteiger partial charge in [0, 0.05) is 5.56 Å². The zero-order valence-corrected chi connectivity index (χ0v) is 7.80. The number of amides is 1. The predicted octanol–water partition coefficient (Wildman–Crippen LogP) is 0.810. The summed E-state index contributed by atoms with van der Waals surface area (Å²) in [6.07, 6.45) is 0. The summed E-state index contributed by atoms with van der Waals surface area (Å²) >= 11 is 0. The van der Waals surface area contributed by atoms with Crippen LogP contribution in [0.1, 0.15) is 5.56 Å². The molecule has 0 bridgehead atoms. The maximum absolute atomic E-state index is 13.1. The molecule has 5 heteroatoms. The van der Waals surface area contributed by atoms with Gasteiger partial charge < -0.3 is 10.5 Å². The number of benzene rings is 1. The molecule has 0 fully saturated rings. The van der Waals surface area contributed by atoms with Crippen LogP contribution in [-0.2, 0) is 4.79 Å². The van der Waals surface area contributed by atoms with Gasteiger partial charge in [-0.2, -0.15) is 0 Å². The number of rotatable bonds is 1. The van der Waals surface area contributed by atoms with E-state index in [4.69, 9.17) is 5.73 Å². The first-order chi connectivity index (χ1) is 7.04. The maximum Gasteiger partial charge on any atom is 0.293 e. The lowest BCUT2D eigenvalue weighted by molar-refractivity contribution is -0.112. The first-order valence-corrected chi connectivity index (χ1v) is 3.89. The summed E-state index contributed by atoms with van der Waals surface area (Å²) in [5, 5.41) is 0. The number of primary amides is 1. The molecule has 0 heterocycles. The molecule has 2 N–H and O–H groups in total. The summed E-state index contributed by atoms with van der Waals surface area (Å²) in [4.78, 5) is 10.3. The molecule has 0 aromatic heterocycles. The van der Waals surface area contributed by atoms with Crippen LogP contribution in [0.4, 0.5) is 8.78 Å². The van der Waals surface area contributed by atoms with Crippen LogP contribution in [0.25, 0.3) is 0 Å². The minimum Gasteiger partial charge on any atom is -0.491 e. The van der Waals surface area contributed by atoms with E-state index in [-0.39, 0.29) is 5.56 Å². The van der Waals surface area contributed by atoms with E-state index in [1.54, 1.807) is 0 Å². The second-order valence-electron chi connectivity index (χ2n) is 2.59. The van der Waals surface area contributed by atoms with E-state index in [2.05, 4.69) is 10.7 Å². The molecule has 0 radical (unpaired) electrons. The Morgan fingerprint density at radius 3 is 2.33 bits per heavy atom. The highest BCUT2D eigenvalue weighted by Crippen LogP contribution is 2.22. The Hall–Kier alpha value is -2.09. The number of methoxy groups -OCH3 is 1. The van der Waals surface area contributed by atoms with Crippen molar-refractivity contribution in [2.24, 2.45) is 5.73 Å². The van der Waals surface area contributed by atoms with E-state index in [1.807, 2.05) is 5.92 Å². The molecule has 1 aromatic rings. The fourth-order valence-corrected chi connectivity index (χ4v) is 0.961. The third-order valence-electron chi connectivity index (χ3n) is 1.53. The van der Waals surface area contributed by atoms with Crippen molar-refractivity contribution in [2.75, 3.05) is 7.11 Å². The number of hydrogen-bond acceptors (Lipinski definition) is 2. The molecule has 0 saturated heterocycles. The van der Waals surface area contributed by atoms with Crippen molar-refractivity contribution < 1.29 is 18.3 Å². The molecule has 15 heavy (non-hydrogen) atoms. The van der Waals surface area contributed by atoms with E-state index in [9.17, 15) is 13.6 Å². The van der Waals surface area contributed by atoms with Crippen molar-refractivity contribution in [3.63, 3.8) is 0 Å². The van der Waals surface area contributed by atoms with Crippen LogP contribution in [0.5, 0.6) is 5.75 Å². The Balaban J connectivity index is 3.16. The van der Waals surface area contributed by atoms with Gasteiger partial charge in [0.05, 0.1) is 7.11 Å². The van der Waals surface area contributed by atoms with E-state index in [0.717, 1.165) is 19.2 Å². The van der Waals surface area contributed by atoms with Crippen LogP contribution in [0.3, 0.4) is 0 Å². The highest BCUT2D eigenvalue weighted by atomic mass is 19.1. The molecule has 0 unspecified atom stereocenters. The monoisotopic (exact) mass is 211 g/mol. The second-order valence-corrected chi connectivity index (χ2v) is 2.59. The molecule has 3 nitrogen and oxygen atoms in total. The van der Waals surface area contributed by atoms with Gasteiger partial charge in [-0.15, -0.1) is 0 Å². The Morgan fingerprint density at radius 1 is 1.40 bits per heavy atom. The number of carbonyl (C=O) groups excluding carboxylic acids is 1. The van der Waals surface area contributed by atoms with Gasteiger partial charge in [0.25, 0.3) is 5.91 Å². The van der Waals surface area contributed by atoms with Gasteiger partial charge >= 0.3 is 0 Å². The normalized spacial score (nSPS) is 9.00. The number of ether oxygens (including phenoxy) is 1. The fourth-order valence-electron chi connectivity index (χ4n) is 0.961. The molecule has 0 aliphatic carbocycles. The van der Waals surface area contributed by atoms with Crippen LogP contribution >= 0.6 is 0 Å². The van der Waals surface area contributed by atoms with E-state index in [0.29, 0.717) is 0 Å². The van der Waals surface area contributed by atoms with Crippen molar-refractivity contribution in [2.45, 2.75) is 0 Å². The smallest absolute Gasteiger partial charge is 0.293 e. The van der Waals surface area contributed by atoms with Crippen LogP contribution in [-0.4, -0.2) is 13.0 Å². The van der Waals surface area contributed by atoms with Gasteiger partial charge in [-0.3, -0.25) is 4.79 Å². The van der Waals surface area contributed by atoms with Gasteiger partial charge in [0.15, 0.2) is 17.4 Å². The highest BCUT2D eigenvalue weighted by molar-refractivity contribution is 5.92. The van der Waals surface area contributed by atoms with Crippen LogP contribution in [0, 0.1) is 23.5 Å². The third-order valence-corrected chi connectivity index (χ3v) is 1.53. The predicted molar refractivity (Wildman–Crippen MR) is 49.0 cm³/mol. The van der Waals surface area contributed by atoms with E-state index >= 15 is 0 Å². The van der Waals surface area contributed by atoms with Crippen molar-refractivity contribution in [3.8, 4) is 17.6 Å². The molecule has 1 rings (SSSR count). The largest absolute Gasteiger partial charge is 0.491 e. The SMILES string of the molecule is COc1c(F)cc(C#CC(N)=O)cc1F. The summed E-state index contributed by atoms with van der Waals surface area (Å²) in [5.74, 6) is 1.06. The molecule has 0 atom stereocenters. The first-order valence-electron chi connectivity index (χ1n) is 3.89. The number of carbonyl (C=O) groups is 1. The van der Waals surface area contributed by atoms with Gasteiger partial charge in [0.1, 0.15) is 0 Å². The molecular weight excluding hydrogens is 204 g/mol. The summed E-state index contributed by atoms with van der Waals surface area (Å²) in [6, 6.07) is 1.91. The van der Waals surface area contributed by atoms with Gasteiger partial charge in [-0.1, -0.05) is 5.92 Å². The molecule has 1 amide bonds. The Morgan fingerprint density at radius 2 is 1.93 bits per heavy atom. The molecule has 1 aromatic carbocycles. The topological polar surface area (TPSA) is 52.3 Å². The van der Waals surface area contributed by atoms with Crippen LogP contribution in [0.2, 0.25) is 0 Å². The summed E-state index contributed by atoms with van der Waals surface area (Å²) < 4.78 is 30.6. The molecule has 0 aliphatic heterocycles. The van der Waals surface area contributed by atoms with Crippen molar-refractivity contribution in [1.29, 1.82) is 0 Å². The Bertz CT molecular complexity index is 437. The van der Waals surface area contributed by atoms with Crippen molar-refractivity contribution in [1.82, 2.24) is 0 Å². The van der Waals surface area contributed by atoms with Gasteiger partial charge in [-0.05, 0) is 18.1 Å². The molecular formula is C10H7F2NO2. The zero-order chi connectivity index (χ0) is 11.4. The van der Waals surface area contributed by atoms with Gasteiger partial charge in [0.2, 0.25) is 0 Å². The highest BCUT2D eigenvalue weighted by Gasteiger charge is 2.10. The molecule has 0 aliphatic rings. The first kappa shape index (κ1) is 11.0. The molecule has 0 spiro atoms. The quantitative estimate of drug-likeness (QED) is 0.699. The van der Waals surface area contributed by atoms with Crippen molar-refractivity contribution in [3.05, 3.63) is 29.3 Å². The maximum atomic E-state index is 13.1. The summed E-state index contributed by atoms with van der Waals surface area (Å²) in [7, 11) is 1.15. The van der Waals surface area contributed by atoms with Crippen LogP contribution < -0.4 is 10.5 Å². The molecule has 0 saturated carbocycles. The minimum absolute atomic E-state index is 0.0181. The lowest BCUT2D eigenvalue weighted by Gasteiger charge is -2.02. The number of halogens is 2. The summed E-state index contributed by atoms with van der Waals surface area (Å²) in [6.45, 7) is 0. The average Bonchev–Trinajstić information content (AvgIpc) is 2.14. The molecule has 78 valence electrons. The number of hydrogen-bond donors (Lipinski definition) is 1. The minimum atomic E-state index is -0.883. The summed E-state index contributed by atoms with van der Waals surface area (Å²) in [5.41, 5.74) is 4.77. The third kappa shape index (κ3) is 2.68. The lowest BCUT2D eigenvalue weighted by Crippen LogP contribution is -2.06. The van der Waals surface area contributed by atoms with E-state index in [1.165, 1.54) is 0 Å². The zero-order valence-electron chi connectivity index (χ0n) is 7.80. The second kappa shape index (κ2) is 4.42. The standard InChI is InChI=1S/C10H7F2NO2/c1-15-10-7(11)4-6(5-8(10)12)2-3-9(13)14/h4-5H,1H3,(H2,13,14). The number of nitrogens with two attached hydrogens (primary N) is 1. The van der Waals surface area contributed by atoms with E-state index < -0.39 is 23.3 Å².